The zero-order chi connectivity index (χ0) is 22.8. The van der Waals surface area contributed by atoms with E-state index in [-0.39, 0.29) is 0 Å². The maximum atomic E-state index is 8.00. The fraction of sp³-hybridized carbons (Fsp3) is 0.111. The Labute approximate surface area is 183 Å². The van der Waals surface area contributed by atoms with E-state index in [1.54, 1.807) is 0 Å². The first-order chi connectivity index (χ1) is 15.1. The maximum Gasteiger partial charge on any atom is 0.229 e. The number of nitrogens with zero attached hydrogens (tertiary/aromatic N) is 1. The third-order valence-corrected chi connectivity index (χ3v) is 4.59. The number of fused-ring (bicyclic) bond motifs is 2. The fourth-order valence-corrected chi connectivity index (χ4v) is 3.23. The summed E-state index contributed by atoms with van der Waals surface area (Å²) < 4.78 is 5.91. The lowest BCUT2D eigenvalue weighted by atomic mass is 10.1. The Bertz CT molecular complexity index is 1200. The molecule has 31 heavy (non-hydrogen) atoms. The monoisotopic (exact) mass is 412 g/mol. The van der Waals surface area contributed by atoms with E-state index >= 15 is 0 Å². The van der Waals surface area contributed by atoms with Crippen LogP contribution in [0, 0.1) is 20.8 Å². The van der Waals surface area contributed by atoms with E-state index in [2.05, 4.69) is 74.2 Å². The quantitative estimate of drug-likeness (QED) is 0.296. The highest BCUT2D eigenvalue weighted by atomic mass is 16.3. The van der Waals surface area contributed by atoms with Crippen molar-refractivity contribution in [2.24, 2.45) is 0 Å². The number of carbonyl (C=O) groups excluding carboxylic acids is 1. The third-order valence-electron chi connectivity index (χ3n) is 4.59. The van der Waals surface area contributed by atoms with Crippen molar-refractivity contribution in [2.45, 2.75) is 20.8 Å². The molecule has 2 heterocycles. The van der Waals surface area contributed by atoms with Gasteiger partial charge in [-0.15, -0.1) is 13.2 Å². The average Bonchev–Trinajstić information content (AvgIpc) is 3.37. The van der Waals surface area contributed by atoms with Crippen LogP contribution in [0.4, 0.5) is 0 Å². The summed E-state index contributed by atoms with van der Waals surface area (Å²) in [4.78, 5) is 16.0. The minimum absolute atomic E-state index is 0.681. The van der Waals surface area contributed by atoms with Crippen LogP contribution in [-0.4, -0.2) is 16.8 Å². The molecule has 0 saturated heterocycles. The van der Waals surface area contributed by atoms with Gasteiger partial charge in [-0.3, -0.25) is 0 Å². The highest BCUT2D eigenvalue weighted by Gasteiger charge is 2.16. The fourth-order valence-electron chi connectivity index (χ4n) is 3.23. The van der Waals surface area contributed by atoms with Crippen LogP contribution in [0.1, 0.15) is 16.8 Å². The molecule has 0 unspecified atom stereocenters. The second-order valence-electron chi connectivity index (χ2n) is 6.82. The number of aryl methyl sites for hydroxylation is 3. The zero-order valence-electron chi connectivity index (χ0n) is 18.3. The van der Waals surface area contributed by atoms with Crippen molar-refractivity contribution >= 4 is 28.8 Å². The van der Waals surface area contributed by atoms with E-state index in [0.717, 1.165) is 33.3 Å². The molecular formula is C27H28N2O2. The molecular weight excluding hydrogens is 384 g/mol. The lowest BCUT2D eigenvalue weighted by Gasteiger charge is -1.96. The average molecular weight is 413 g/mol. The summed E-state index contributed by atoms with van der Waals surface area (Å²) in [5.74, 6) is 0.681. The second kappa shape index (κ2) is 11.3. The third kappa shape index (κ3) is 5.58. The van der Waals surface area contributed by atoms with Crippen LogP contribution in [0.5, 0.6) is 0 Å². The predicted molar refractivity (Wildman–Crippen MR) is 130 cm³/mol. The van der Waals surface area contributed by atoms with Gasteiger partial charge in [-0.2, -0.15) is 0 Å². The van der Waals surface area contributed by atoms with E-state index in [1.807, 2.05) is 49.3 Å². The van der Waals surface area contributed by atoms with Gasteiger partial charge < -0.3 is 14.2 Å². The summed E-state index contributed by atoms with van der Waals surface area (Å²) >= 11 is 0. The Hall–Kier alpha value is -3.92. The minimum atomic E-state index is 0.681. The van der Waals surface area contributed by atoms with Gasteiger partial charge in [-0.05, 0) is 45.0 Å². The molecule has 0 bridgehead atoms. The van der Waals surface area contributed by atoms with Crippen molar-refractivity contribution in [3.05, 3.63) is 103 Å². The number of rotatable bonds is 1. The summed E-state index contributed by atoms with van der Waals surface area (Å²) in [6.07, 6.45) is 0. The van der Waals surface area contributed by atoms with Crippen molar-refractivity contribution in [2.75, 3.05) is 0 Å². The number of aromatic amines is 1. The summed E-state index contributed by atoms with van der Waals surface area (Å²) in [5, 5.41) is 1.16. The highest BCUT2D eigenvalue weighted by Crippen LogP contribution is 2.33. The first-order valence-electron chi connectivity index (χ1n) is 9.87. The van der Waals surface area contributed by atoms with Crippen LogP contribution < -0.4 is 0 Å². The summed E-state index contributed by atoms with van der Waals surface area (Å²) in [7, 11) is 0. The molecule has 1 N–H and O–H groups in total. The molecule has 0 aliphatic carbocycles. The number of aromatic nitrogens is 2. The van der Waals surface area contributed by atoms with Gasteiger partial charge in [0.1, 0.15) is 12.3 Å². The first kappa shape index (κ1) is 23.4. The number of oxazole rings is 1. The van der Waals surface area contributed by atoms with Crippen LogP contribution in [0.2, 0.25) is 0 Å². The van der Waals surface area contributed by atoms with Crippen molar-refractivity contribution in [3.63, 3.8) is 0 Å². The van der Waals surface area contributed by atoms with Gasteiger partial charge in [0, 0.05) is 16.6 Å². The Morgan fingerprint density at radius 1 is 0.806 bits per heavy atom. The number of H-pyrrole nitrogens is 1. The van der Waals surface area contributed by atoms with Crippen LogP contribution >= 0.6 is 0 Å². The molecule has 5 aromatic rings. The molecule has 0 saturated carbocycles. The molecule has 2 aromatic heterocycles. The summed E-state index contributed by atoms with van der Waals surface area (Å²) in [6, 6.07) is 24.5. The lowest BCUT2D eigenvalue weighted by Crippen LogP contribution is -1.79. The Balaban J connectivity index is 0.000000261. The normalized spacial score (nSPS) is 9.65. The molecule has 4 heteroatoms. The molecule has 0 spiro atoms. The molecule has 5 rings (SSSR count). The summed E-state index contributed by atoms with van der Waals surface area (Å²) in [5.41, 5.74) is 7.52. The topological polar surface area (TPSA) is 58.9 Å². The lowest BCUT2D eigenvalue weighted by molar-refractivity contribution is -0.0979. The van der Waals surface area contributed by atoms with Crippen LogP contribution in [0.15, 0.2) is 90.4 Å². The van der Waals surface area contributed by atoms with Crippen LogP contribution in [0.3, 0.4) is 0 Å². The van der Waals surface area contributed by atoms with Crippen molar-refractivity contribution in [3.8, 4) is 11.5 Å². The molecule has 158 valence electrons. The number of hydrogen-bond acceptors (Lipinski definition) is 3. The number of carbonyl (C=O) groups is 1. The molecule has 0 fully saturated rings. The van der Waals surface area contributed by atoms with E-state index in [4.69, 9.17) is 9.21 Å². The Kier molecular flexibility index (Phi) is 8.52. The van der Waals surface area contributed by atoms with E-state index in [9.17, 15) is 0 Å². The first-order valence-corrected chi connectivity index (χ1v) is 9.87. The van der Waals surface area contributed by atoms with Crippen LogP contribution in [-0.2, 0) is 4.79 Å². The van der Waals surface area contributed by atoms with E-state index in [1.165, 1.54) is 11.1 Å². The molecule has 0 aliphatic rings. The maximum absolute atomic E-state index is 8.00. The van der Waals surface area contributed by atoms with Gasteiger partial charge in [-0.1, -0.05) is 59.7 Å². The van der Waals surface area contributed by atoms with E-state index < -0.39 is 0 Å². The Morgan fingerprint density at radius 2 is 1.45 bits per heavy atom. The number of para-hydroxylation sites is 2. The van der Waals surface area contributed by atoms with Gasteiger partial charge in [0.15, 0.2) is 5.58 Å². The standard InChI is InChI=1S/C17H14N2O.C7H8.C2H4.CH2O/c1-10-7-8-13-12(9-10)16(11(2)18-13)17-19-14-5-3-4-6-15(14)20-17;1-7-5-3-2-4-6-7;2*1-2/h3-9,18H,1-2H3;2-6H,1H3;1-2H2;1H2. The van der Waals surface area contributed by atoms with E-state index in [0.29, 0.717) is 5.89 Å². The van der Waals surface area contributed by atoms with Gasteiger partial charge in [0.05, 0.1) is 5.56 Å². The van der Waals surface area contributed by atoms with Crippen molar-refractivity contribution in [1.29, 1.82) is 0 Å². The van der Waals surface area contributed by atoms with Crippen molar-refractivity contribution in [1.82, 2.24) is 9.97 Å². The summed E-state index contributed by atoms with van der Waals surface area (Å²) in [6.45, 7) is 14.2. The molecule has 0 radical (unpaired) electrons. The molecule has 0 amide bonds. The largest absolute Gasteiger partial charge is 0.436 e. The van der Waals surface area contributed by atoms with Gasteiger partial charge >= 0.3 is 0 Å². The second-order valence-corrected chi connectivity index (χ2v) is 6.82. The van der Waals surface area contributed by atoms with Crippen molar-refractivity contribution < 1.29 is 9.21 Å². The van der Waals surface area contributed by atoms with Gasteiger partial charge in [0.2, 0.25) is 5.89 Å². The minimum Gasteiger partial charge on any atom is -0.436 e. The highest BCUT2D eigenvalue weighted by molar-refractivity contribution is 5.96. The zero-order valence-corrected chi connectivity index (χ0v) is 18.3. The number of nitrogens with one attached hydrogen (secondary N) is 1. The SMILES string of the molecule is C=C.C=O.Cc1ccc2[nH]c(C)c(-c3nc4ccccc4o3)c2c1.Cc1ccccc1. The Morgan fingerprint density at radius 3 is 2.06 bits per heavy atom. The van der Waals surface area contributed by atoms with Gasteiger partial charge in [-0.25, -0.2) is 4.98 Å². The predicted octanol–water partition coefficient (Wildman–Crippen LogP) is 7.21. The molecule has 0 atom stereocenters. The molecule has 3 aromatic carbocycles. The van der Waals surface area contributed by atoms with Crippen LogP contribution in [0.25, 0.3) is 33.5 Å². The number of hydrogen-bond donors (Lipinski definition) is 1. The van der Waals surface area contributed by atoms with Gasteiger partial charge in [0.25, 0.3) is 0 Å². The molecule has 4 nitrogen and oxygen atoms in total. The molecule has 0 aliphatic heterocycles. The number of benzene rings is 3. The smallest absolute Gasteiger partial charge is 0.229 e.